The number of furan rings is 1. The number of hydrogen-bond acceptors (Lipinski definition) is 4. The Morgan fingerprint density at radius 1 is 1.31 bits per heavy atom. The van der Waals surface area contributed by atoms with Crippen molar-refractivity contribution < 1.29 is 17.6 Å². The number of carbonyl (C=O) groups excluding carboxylic acids is 1. The van der Waals surface area contributed by atoms with E-state index in [1.54, 1.807) is 41.3 Å². The molecule has 1 aromatic carbocycles. The zero-order valence-corrected chi connectivity index (χ0v) is 16.1. The average Bonchev–Trinajstić information content (AvgIpc) is 3.21. The average molecular weight is 414 g/mol. The molecule has 1 unspecified atom stereocenters. The van der Waals surface area contributed by atoms with Crippen molar-refractivity contribution >= 4 is 45.0 Å². The second kappa shape index (κ2) is 7.86. The highest BCUT2D eigenvalue weighted by Crippen LogP contribution is 2.26. The zero-order valence-electron chi connectivity index (χ0n) is 13.8. The number of benzene rings is 1. The Morgan fingerprint density at radius 3 is 2.73 bits per heavy atom. The van der Waals surface area contributed by atoms with E-state index in [1.165, 1.54) is 12.3 Å². The molecule has 26 heavy (non-hydrogen) atoms. The van der Waals surface area contributed by atoms with E-state index in [-0.39, 0.29) is 30.0 Å². The number of carbonyl (C=O) groups is 1. The Balaban J connectivity index is 1.85. The summed E-state index contributed by atoms with van der Waals surface area (Å²) in [5.74, 6) is 0.285. The number of rotatable bonds is 5. The molecule has 0 saturated carbocycles. The van der Waals surface area contributed by atoms with Crippen molar-refractivity contribution in [1.29, 1.82) is 0 Å². The van der Waals surface area contributed by atoms with Gasteiger partial charge in [-0.1, -0.05) is 29.3 Å². The third-order valence-electron chi connectivity index (χ3n) is 4.22. The van der Waals surface area contributed by atoms with Crippen LogP contribution >= 0.6 is 23.2 Å². The van der Waals surface area contributed by atoms with Crippen LogP contribution in [0.3, 0.4) is 0 Å². The van der Waals surface area contributed by atoms with Crippen LogP contribution in [0.2, 0.25) is 10.0 Å². The fourth-order valence-corrected chi connectivity index (χ4v) is 5.08. The van der Waals surface area contributed by atoms with Gasteiger partial charge in [-0.15, -0.1) is 0 Å². The molecule has 1 saturated heterocycles. The Bertz CT molecular complexity index is 923. The minimum absolute atomic E-state index is 0.0431. The van der Waals surface area contributed by atoms with Gasteiger partial charge in [0.2, 0.25) is 5.91 Å². The zero-order chi connectivity index (χ0) is 18.7. The van der Waals surface area contributed by atoms with Crippen molar-refractivity contribution in [2.75, 3.05) is 11.5 Å². The topological polar surface area (TPSA) is 67.6 Å². The molecular weight excluding hydrogens is 397 g/mol. The van der Waals surface area contributed by atoms with Gasteiger partial charge >= 0.3 is 0 Å². The number of hydrogen-bond donors (Lipinski definition) is 0. The summed E-state index contributed by atoms with van der Waals surface area (Å²) >= 11 is 12.1. The van der Waals surface area contributed by atoms with E-state index in [4.69, 9.17) is 27.6 Å². The molecule has 2 heterocycles. The molecule has 1 amide bonds. The molecule has 0 radical (unpaired) electrons. The van der Waals surface area contributed by atoms with Crippen molar-refractivity contribution in [3.8, 4) is 0 Å². The van der Waals surface area contributed by atoms with Gasteiger partial charge in [-0.3, -0.25) is 4.79 Å². The van der Waals surface area contributed by atoms with Crippen molar-refractivity contribution in [3.63, 3.8) is 0 Å². The summed E-state index contributed by atoms with van der Waals surface area (Å²) < 4.78 is 28.9. The van der Waals surface area contributed by atoms with E-state index in [0.29, 0.717) is 27.8 Å². The van der Waals surface area contributed by atoms with Gasteiger partial charge in [0.15, 0.2) is 9.84 Å². The lowest BCUT2D eigenvalue weighted by Gasteiger charge is -2.27. The highest BCUT2D eigenvalue weighted by molar-refractivity contribution is 7.91. The number of halogens is 2. The standard InChI is InChI=1S/C18H17Cl2NO4S/c19-14-4-3-13(17(20)10-14)11-21(15-7-9-26(23,24)12-15)18(22)6-5-16-2-1-8-25-16/h1-6,8,10,15H,7,9,11-12H2/b6-5-. The summed E-state index contributed by atoms with van der Waals surface area (Å²) in [6.45, 7) is 0.206. The second-order valence-electron chi connectivity index (χ2n) is 6.11. The van der Waals surface area contributed by atoms with Crippen molar-refractivity contribution in [2.45, 2.75) is 19.0 Å². The fourth-order valence-electron chi connectivity index (χ4n) is 2.88. The Morgan fingerprint density at radius 2 is 2.12 bits per heavy atom. The van der Waals surface area contributed by atoms with Gasteiger partial charge in [0.1, 0.15) is 5.76 Å². The first-order valence-electron chi connectivity index (χ1n) is 8.00. The van der Waals surface area contributed by atoms with Gasteiger partial charge in [-0.2, -0.15) is 0 Å². The molecule has 5 nitrogen and oxygen atoms in total. The minimum Gasteiger partial charge on any atom is -0.465 e. The number of sulfone groups is 1. The van der Waals surface area contributed by atoms with Crippen LogP contribution in [0.1, 0.15) is 17.7 Å². The molecule has 1 fully saturated rings. The molecule has 0 spiro atoms. The quantitative estimate of drug-likeness (QED) is 0.698. The van der Waals surface area contributed by atoms with E-state index in [2.05, 4.69) is 0 Å². The summed E-state index contributed by atoms with van der Waals surface area (Å²) in [6.07, 6.45) is 4.86. The van der Waals surface area contributed by atoms with Gasteiger partial charge in [0.05, 0.1) is 17.8 Å². The van der Waals surface area contributed by atoms with Crippen LogP contribution < -0.4 is 0 Å². The largest absolute Gasteiger partial charge is 0.465 e. The first-order chi connectivity index (χ1) is 12.3. The Kier molecular flexibility index (Phi) is 5.75. The van der Waals surface area contributed by atoms with Crippen LogP contribution in [-0.2, 0) is 21.2 Å². The molecule has 0 N–H and O–H groups in total. The summed E-state index contributed by atoms with van der Waals surface area (Å²) in [5.41, 5.74) is 0.708. The molecule has 8 heteroatoms. The lowest BCUT2D eigenvalue weighted by atomic mass is 10.1. The fraction of sp³-hybridized carbons (Fsp3) is 0.278. The number of amides is 1. The molecule has 138 valence electrons. The molecule has 0 bridgehead atoms. The van der Waals surface area contributed by atoms with E-state index in [1.807, 2.05) is 0 Å². The first-order valence-corrected chi connectivity index (χ1v) is 10.6. The van der Waals surface area contributed by atoms with Crippen molar-refractivity contribution in [3.05, 3.63) is 64.0 Å². The summed E-state index contributed by atoms with van der Waals surface area (Å²) in [4.78, 5) is 14.3. The number of nitrogens with zero attached hydrogens (tertiary/aromatic N) is 1. The van der Waals surface area contributed by atoms with Crippen molar-refractivity contribution in [1.82, 2.24) is 4.90 Å². The molecule has 1 aliphatic rings. The molecule has 1 aromatic heterocycles. The third kappa shape index (κ3) is 4.69. The maximum absolute atomic E-state index is 12.8. The maximum Gasteiger partial charge on any atom is 0.247 e. The Labute approximate surface area is 162 Å². The highest BCUT2D eigenvalue weighted by Gasteiger charge is 2.34. The summed E-state index contributed by atoms with van der Waals surface area (Å²) in [6, 6.07) is 8.09. The maximum atomic E-state index is 12.8. The van der Waals surface area contributed by atoms with Crippen molar-refractivity contribution in [2.24, 2.45) is 0 Å². The van der Waals surface area contributed by atoms with E-state index < -0.39 is 9.84 Å². The molecule has 3 rings (SSSR count). The predicted molar refractivity (Wildman–Crippen MR) is 102 cm³/mol. The third-order valence-corrected chi connectivity index (χ3v) is 6.56. The normalized spacial score (nSPS) is 19.1. The molecule has 0 aliphatic carbocycles. The van der Waals surface area contributed by atoms with Gasteiger partial charge in [-0.05, 0) is 42.3 Å². The van der Waals surface area contributed by atoms with E-state index in [9.17, 15) is 13.2 Å². The minimum atomic E-state index is -3.13. The molecular formula is C18H17Cl2NO4S. The van der Waals surface area contributed by atoms with Crippen LogP contribution in [0.5, 0.6) is 0 Å². The molecule has 1 aliphatic heterocycles. The van der Waals surface area contributed by atoms with Gasteiger partial charge in [-0.25, -0.2) is 8.42 Å². The van der Waals surface area contributed by atoms with Gasteiger partial charge in [0, 0.05) is 28.7 Å². The summed E-state index contributed by atoms with van der Waals surface area (Å²) in [5, 5.41) is 0.934. The van der Waals surface area contributed by atoms with Crippen LogP contribution in [0.15, 0.2) is 47.1 Å². The SMILES string of the molecule is O=C(/C=C\c1ccco1)N(Cc1ccc(Cl)cc1Cl)C1CCS(=O)(=O)C1. The second-order valence-corrected chi connectivity index (χ2v) is 9.18. The van der Waals surface area contributed by atoms with Crippen LogP contribution in [-0.4, -0.2) is 36.8 Å². The van der Waals surface area contributed by atoms with Gasteiger partial charge < -0.3 is 9.32 Å². The van der Waals surface area contributed by atoms with Crippen LogP contribution in [0.25, 0.3) is 6.08 Å². The monoisotopic (exact) mass is 413 g/mol. The smallest absolute Gasteiger partial charge is 0.247 e. The van der Waals surface area contributed by atoms with E-state index >= 15 is 0 Å². The lowest BCUT2D eigenvalue weighted by molar-refractivity contribution is -0.128. The predicted octanol–water partition coefficient (Wildman–Crippen LogP) is 3.82. The first kappa shape index (κ1) is 19.0. The Hall–Kier alpha value is -1.76. The molecule has 1 atom stereocenters. The van der Waals surface area contributed by atoms with Gasteiger partial charge in [0.25, 0.3) is 0 Å². The van der Waals surface area contributed by atoms with E-state index in [0.717, 1.165) is 0 Å². The van der Waals surface area contributed by atoms with Crippen LogP contribution in [0, 0.1) is 0 Å². The highest BCUT2D eigenvalue weighted by atomic mass is 35.5. The lowest BCUT2D eigenvalue weighted by Crippen LogP contribution is -2.39. The summed E-state index contributed by atoms with van der Waals surface area (Å²) in [7, 11) is -3.13. The molecule has 2 aromatic rings. The van der Waals surface area contributed by atoms with Crippen LogP contribution in [0.4, 0.5) is 0 Å².